The van der Waals surface area contributed by atoms with E-state index in [9.17, 15) is 4.79 Å². The van der Waals surface area contributed by atoms with Gasteiger partial charge in [0.2, 0.25) is 0 Å². The second-order valence-corrected chi connectivity index (χ2v) is 6.20. The molecule has 0 atom stereocenters. The van der Waals surface area contributed by atoms with Crippen molar-refractivity contribution in [2.75, 3.05) is 7.11 Å². The molecule has 0 unspecified atom stereocenters. The van der Waals surface area contributed by atoms with Crippen molar-refractivity contribution in [2.24, 2.45) is 5.92 Å². The molecule has 0 saturated carbocycles. The first-order valence-electron chi connectivity index (χ1n) is 6.91. The van der Waals surface area contributed by atoms with Crippen LogP contribution in [0.5, 0.6) is 5.75 Å². The van der Waals surface area contributed by atoms with Crippen LogP contribution in [0.25, 0.3) is 11.3 Å². The van der Waals surface area contributed by atoms with Crippen LogP contribution in [0.3, 0.4) is 0 Å². The standard InChI is InChI=1S/C16H19BrN2O2/c1-11(2)6-7-19-9-12(10-20)16(18-19)14-5-4-13(21-3)8-15(14)17/h4-5,8-11H,6-7H2,1-3H3. The van der Waals surface area contributed by atoms with E-state index in [0.29, 0.717) is 17.2 Å². The minimum Gasteiger partial charge on any atom is -0.497 e. The monoisotopic (exact) mass is 350 g/mol. The lowest BCUT2D eigenvalue weighted by atomic mass is 10.1. The van der Waals surface area contributed by atoms with Gasteiger partial charge in [-0.1, -0.05) is 13.8 Å². The summed E-state index contributed by atoms with van der Waals surface area (Å²) in [5, 5.41) is 4.55. The summed E-state index contributed by atoms with van der Waals surface area (Å²) >= 11 is 3.51. The fourth-order valence-corrected chi connectivity index (χ4v) is 2.60. The number of rotatable bonds is 6. The average molecular weight is 351 g/mol. The zero-order valence-corrected chi connectivity index (χ0v) is 14.1. The van der Waals surface area contributed by atoms with Gasteiger partial charge in [-0.25, -0.2) is 0 Å². The number of nitrogens with zero attached hydrogens (tertiary/aromatic N) is 2. The minimum absolute atomic E-state index is 0.602. The van der Waals surface area contributed by atoms with Crippen molar-refractivity contribution in [2.45, 2.75) is 26.8 Å². The number of hydrogen-bond donors (Lipinski definition) is 0. The second kappa shape index (κ2) is 6.89. The van der Waals surface area contributed by atoms with Crippen molar-refractivity contribution in [1.29, 1.82) is 0 Å². The highest BCUT2D eigenvalue weighted by atomic mass is 79.9. The summed E-state index contributed by atoms with van der Waals surface area (Å²) in [6.45, 7) is 5.16. The Labute approximate surface area is 133 Å². The molecular weight excluding hydrogens is 332 g/mol. The number of methoxy groups -OCH3 is 1. The summed E-state index contributed by atoms with van der Waals surface area (Å²) in [6.07, 6.45) is 3.69. The third-order valence-corrected chi connectivity index (χ3v) is 3.94. The Morgan fingerprint density at radius 1 is 1.43 bits per heavy atom. The highest BCUT2D eigenvalue weighted by molar-refractivity contribution is 9.10. The maximum absolute atomic E-state index is 11.3. The number of ether oxygens (including phenoxy) is 1. The van der Waals surface area contributed by atoms with Gasteiger partial charge in [0.05, 0.1) is 12.7 Å². The van der Waals surface area contributed by atoms with Gasteiger partial charge in [0.15, 0.2) is 6.29 Å². The highest BCUT2D eigenvalue weighted by Crippen LogP contribution is 2.32. The Morgan fingerprint density at radius 3 is 2.76 bits per heavy atom. The summed E-state index contributed by atoms with van der Waals surface area (Å²) in [7, 11) is 1.62. The van der Waals surface area contributed by atoms with Gasteiger partial charge in [-0.05, 0) is 46.5 Å². The Bertz CT molecular complexity index is 635. The van der Waals surface area contributed by atoms with Gasteiger partial charge in [0.1, 0.15) is 11.4 Å². The van der Waals surface area contributed by atoms with Crippen LogP contribution in [0.4, 0.5) is 0 Å². The zero-order valence-electron chi connectivity index (χ0n) is 12.5. The molecule has 1 aromatic carbocycles. The van der Waals surface area contributed by atoms with E-state index in [-0.39, 0.29) is 0 Å². The highest BCUT2D eigenvalue weighted by Gasteiger charge is 2.14. The molecule has 4 nitrogen and oxygen atoms in total. The van der Waals surface area contributed by atoms with Crippen LogP contribution in [0.2, 0.25) is 0 Å². The molecule has 21 heavy (non-hydrogen) atoms. The van der Waals surface area contributed by atoms with Crippen molar-refractivity contribution in [3.8, 4) is 17.0 Å². The van der Waals surface area contributed by atoms with E-state index >= 15 is 0 Å². The van der Waals surface area contributed by atoms with Crippen LogP contribution < -0.4 is 4.74 Å². The molecule has 0 saturated heterocycles. The predicted molar refractivity (Wildman–Crippen MR) is 86.8 cm³/mol. The second-order valence-electron chi connectivity index (χ2n) is 5.34. The van der Waals surface area contributed by atoms with Crippen LogP contribution in [-0.2, 0) is 6.54 Å². The number of aromatic nitrogens is 2. The number of halogens is 1. The molecular formula is C16H19BrN2O2. The van der Waals surface area contributed by atoms with E-state index in [4.69, 9.17) is 4.74 Å². The molecule has 0 N–H and O–H groups in total. The average Bonchev–Trinajstić information content (AvgIpc) is 2.88. The Balaban J connectivity index is 2.36. The van der Waals surface area contributed by atoms with Crippen molar-refractivity contribution in [3.63, 3.8) is 0 Å². The van der Waals surface area contributed by atoms with Gasteiger partial charge in [-0.3, -0.25) is 9.48 Å². The van der Waals surface area contributed by atoms with Crippen LogP contribution >= 0.6 is 15.9 Å². The maximum atomic E-state index is 11.3. The summed E-state index contributed by atoms with van der Waals surface area (Å²) in [5.41, 5.74) is 2.19. The number of aryl methyl sites for hydroxylation is 1. The lowest BCUT2D eigenvalue weighted by molar-refractivity contribution is 0.112. The zero-order chi connectivity index (χ0) is 15.4. The number of aldehydes is 1. The van der Waals surface area contributed by atoms with Crippen LogP contribution in [0.15, 0.2) is 28.9 Å². The molecule has 0 bridgehead atoms. The summed E-state index contributed by atoms with van der Waals surface area (Å²) in [6, 6.07) is 5.64. The predicted octanol–water partition coefficient (Wildman–Crippen LogP) is 4.18. The van der Waals surface area contributed by atoms with E-state index in [1.54, 1.807) is 13.3 Å². The van der Waals surface area contributed by atoms with Gasteiger partial charge in [-0.2, -0.15) is 5.10 Å². The number of hydrogen-bond acceptors (Lipinski definition) is 3. The van der Waals surface area contributed by atoms with Crippen molar-refractivity contribution >= 4 is 22.2 Å². The lowest BCUT2D eigenvalue weighted by Gasteiger charge is -2.06. The molecule has 112 valence electrons. The molecule has 2 aromatic rings. The number of carbonyl (C=O) groups is 1. The SMILES string of the molecule is COc1ccc(-c2nn(CCC(C)C)cc2C=O)c(Br)c1. The van der Waals surface area contributed by atoms with E-state index in [2.05, 4.69) is 34.9 Å². The van der Waals surface area contributed by atoms with Crippen LogP contribution in [0.1, 0.15) is 30.6 Å². The van der Waals surface area contributed by atoms with Gasteiger partial charge in [0.25, 0.3) is 0 Å². The fourth-order valence-electron chi connectivity index (χ4n) is 2.05. The van der Waals surface area contributed by atoms with Gasteiger partial charge in [-0.15, -0.1) is 0 Å². The maximum Gasteiger partial charge on any atom is 0.153 e. The lowest BCUT2D eigenvalue weighted by Crippen LogP contribution is -2.02. The summed E-state index contributed by atoms with van der Waals surface area (Å²) in [5.74, 6) is 1.36. The number of benzene rings is 1. The molecule has 0 aliphatic carbocycles. The van der Waals surface area contributed by atoms with Crippen molar-refractivity contribution in [3.05, 3.63) is 34.4 Å². The van der Waals surface area contributed by atoms with Crippen molar-refractivity contribution < 1.29 is 9.53 Å². The molecule has 5 heteroatoms. The first-order valence-corrected chi connectivity index (χ1v) is 7.71. The van der Waals surface area contributed by atoms with Crippen molar-refractivity contribution in [1.82, 2.24) is 9.78 Å². The smallest absolute Gasteiger partial charge is 0.153 e. The largest absolute Gasteiger partial charge is 0.497 e. The molecule has 0 radical (unpaired) electrons. The quantitative estimate of drug-likeness (QED) is 0.734. The first-order chi connectivity index (χ1) is 10.0. The third kappa shape index (κ3) is 3.73. The minimum atomic E-state index is 0.602. The fraction of sp³-hybridized carbons (Fsp3) is 0.375. The first kappa shape index (κ1) is 15.8. The molecule has 1 heterocycles. The molecule has 0 amide bonds. The van der Waals surface area contributed by atoms with E-state index < -0.39 is 0 Å². The summed E-state index contributed by atoms with van der Waals surface area (Å²) < 4.78 is 7.89. The van der Waals surface area contributed by atoms with Gasteiger partial charge in [0, 0.05) is 22.8 Å². The van der Waals surface area contributed by atoms with E-state index in [1.807, 2.05) is 22.9 Å². The molecule has 1 aromatic heterocycles. The Morgan fingerprint density at radius 2 is 2.19 bits per heavy atom. The molecule has 0 aliphatic rings. The van der Waals surface area contributed by atoms with E-state index in [1.165, 1.54) is 0 Å². The topological polar surface area (TPSA) is 44.1 Å². The molecule has 0 fully saturated rings. The molecule has 0 spiro atoms. The Hall–Kier alpha value is -1.62. The third-order valence-electron chi connectivity index (χ3n) is 3.28. The van der Waals surface area contributed by atoms with E-state index in [0.717, 1.165) is 35.0 Å². The van der Waals surface area contributed by atoms with Gasteiger partial charge >= 0.3 is 0 Å². The Kier molecular flexibility index (Phi) is 5.17. The van der Waals surface area contributed by atoms with Crippen LogP contribution in [0, 0.1) is 5.92 Å². The molecule has 0 aliphatic heterocycles. The molecule has 2 rings (SSSR count). The normalized spacial score (nSPS) is 10.9. The van der Waals surface area contributed by atoms with Gasteiger partial charge < -0.3 is 4.74 Å². The van der Waals surface area contributed by atoms with Crippen LogP contribution in [-0.4, -0.2) is 23.2 Å². The number of carbonyl (C=O) groups excluding carboxylic acids is 1. The summed E-state index contributed by atoms with van der Waals surface area (Å²) in [4.78, 5) is 11.3.